The Bertz CT molecular complexity index is 1130. The van der Waals surface area contributed by atoms with Crippen LogP contribution in [0.3, 0.4) is 0 Å². The third-order valence-electron chi connectivity index (χ3n) is 4.58. The fraction of sp³-hybridized carbons (Fsp3) is 0.182. The van der Waals surface area contributed by atoms with Crippen LogP contribution >= 0.6 is 11.3 Å². The van der Waals surface area contributed by atoms with Gasteiger partial charge in [0, 0.05) is 17.5 Å². The van der Waals surface area contributed by atoms with E-state index in [1.54, 1.807) is 32.7 Å². The third kappa shape index (κ3) is 3.69. The van der Waals surface area contributed by atoms with Crippen molar-refractivity contribution in [3.05, 3.63) is 59.5 Å². The number of para-hydroxylation sites is 1. The summed E-state index contributed by atoms with van der Waals surface area (Å²) in [6.07, 6.45) is 0. The van der Waals surface area contributed by atoms with E-state index in [0.29, 0.717) is 29.6 Å². The van der Waals surface area contributed by atoms with Crippen LogP contribution in [0.25, 0.3) is 21.6 Å². The van der Waals surface area contributed by atoms with Crippen molar-refractivity contribution in [2.45, 2.75) is 6.54 Å². The molecule has 6 nitrogen and oxygen atoms in total. The van der Waals surface area contributed by atoms with Crippen molar-refractivity contribution in [1.29, 1.82) is 0 Å². The van der Waals surface area contributed by atoms with Crippen molar-refractivity contribution >= 4 is 28.1 Å². The van der Waals surface area contributed by atoms with Gasteiger partial charge in [-0.2, -0.15) is 0 Å². The van der Waals surface area contributed by atoms with Gasteiger partial charge in [0.1, 0.15) is 5.82 Å². The number of hydrogen-bond donors (Lipinski definition) is 1. The first-order valence-electron chi connectivity index (χ1n) is 9.07. The summed E-state index contributed by atoms with van der Waals surface area (Å²) in [6, 6.07) is 15.8. The van der Waals surface area contributed by atoms with E-state index in [1.807, 2.05) is 53.9 Å². The van der Waals surface area contributed by atoms with Gasteiger partial charge in [-0.25, -0.2) is 9.97 Å². The Hall–Kier alpha value is -3.32. The molecule has 0 spiro atoms. The van der Waals surface area contributed by atoms with E-state index in [0.717, 1.165) is 27.2 Å². The van der Waals surface area contributed by atoms with E-state index in [1.165, 1.54) is 0 Å². The van der Waals surface area contributed by atoms with Gasteiger partial charge in [0.05, 0.1) is 31.7 Å². The minimum atomic E-state index is 0.508. The maximum absolute atomic E-state index is 5.59. The van der Waals surface area contributed by atoms with Gasteiger partial charge in [-0.3, -0.25) is 0 Å². The topological polar surface area (TPSA) is 65.5 Å². The maximum atomic E-state index is 5.59. The molecule has 0 amide bonds. The lowest BCUT2D eigenvalue weighted by atomic mass is 10.1. The molecule has 2 aromatic heterocycles. The average Bonchev–Trinajstić information content (AvgIpc) is 3.31. The van der Waals surface area contributed by atoms with E-state index in [2.05, 4.69) is 5.32 Å². The molecule has 0 aliphatic rings. The van der Waals surface area contributed by atoms with Crippen molar-refractivity contribution < 1.29 is 14.2 Å². The third-order valence-corrected chi connectivity index (χ3v) is 5.44. The summed E-state index contributed by atoms with van der Waals surface area (Å²) in [5, 5.41) is 6.44. The summed E-state index contributed by atoms with van der Waals surface area (Å²) in [5.41, 5.74) is 1.83. The first kappa shape index (κ1) is 19.0. The number of nitrogens with zero attached hydrogens (tertiary/aromatic N) is 2. The summed E-state index contributed by atoms with van der Waals surface area (Å²) in [6.45, 7) is 0.508. The standard InChI is InChI=1S/C22H21N3O3S/c1-26-17-11-10-14(19(27-2)20(17)28-3)13-23-21-15-7-4-5-8-16(15)24-22(25-21)18-9-6-12-29-18/h4-12H,13H2,1-3H3,(H,23,24,25). The van der Waals surface area contributed by atoms with E-state index in [-0.39, 0.29) is 0 Å². The second kappa shape index (κ2) is 8.36. The quantitative estimate of drug-likeness (QED) is 0.465. The van der Waals surface area contributed by atoms with Crippen molar-refractivity contribution in [2.75, 3.05) is 26.6 Å². The lowest BCUT2D eigenvalue weighted by molar-refractivity contribution is 0.322. The van der Waals surface area contributed by atoms with Crippen molar-refractivity contribution in [2.24, 2.45) is 0 Å². The van der Waals surface area contributed by atoms with E-state index in [9.17, 15) is 0 Å². The van der Waals surface area contributed by atoms with Gasteiger partial charge >= 0.3 is 0 Å². The number of thiophene rings is 1. The molecule has 29 heavy (non-hydrogen) atoms. The van der Waals surface area contributed by atoms with Crippen LogP contribution in [0.4, 0.5) is 5.82 Å². The van der Waals surface area contributed by atoms with Crippen molar-refractivity contribution in [1.82, 2.24) is 9.97 Å². The molecule has 0 saturated heterocycles. The molecule has 0 saturated carbocycles. The number of fused-ring (bicyclic) bond motifs is 1. The van der Waals surface area contributed by atoms with Crippen LogP contribution in [-0.4, -0.2) is 31.3 Å². The minimum Gasteiger partial charge on any atom is -0.493 e. The van der Waals surface area contributed by atoms with E-state index in [4.69, 9.17) is 24.2 Å². The van der Waals surface area contributed by atoms with Gasteiger partial charge in [-0.15, -0.1) is 11.3 Å². The Morgan fingerprint density at radius 1 is 0.862 bits per heavy atom. The first-order valence-corrected chi connectivity index (χ1v) is 9.95. The highest BCUT2D eigenvalue weighted by Gasteiger charge is 2.16. The molecule has 4 rings (SSSR count). The zero-order valence-electron chi connectivity index (χ0n) is 16.4. The number of ether oxygens (including phenoxy) is 3. The summed E-state index contributed by atoms with van der Waals surface area (Å²) in [5.74, 6) is 3.31. The van der Waals surface area contributed by atoms with Gasteiger partial charge in [0.25, 0.3) is 0 Å². The molecule has 7 heteroatoms. The number of nitrogens with one attached hydrogen (secondary N) is 1. The zero-order valence-corrected chi connectivity index (χ0v) is 17.2. The zero-order chi connectivity index (χ0) is 20.2. The van der Waals surface area contributed by atoms with Gasteiger partial charge < -0.3 is 19.5 Å². The van der Waals surface area contributed by atoms with Crippen LogP contribution in [0.2, 0.25) is 0 Å². The molecule has 0 unspecified atom stereocenters. The van der Waals surface area contributed by atoms with Gasteiger partial charge in [0.2, 0.25) is 5.75 Å². The SMILES string of the molecule is COc1ccc(CNc2nc(-c3cccs3)nc3ccccc23)c(OC)c1OC. The predicted molar refractivity (Wildman–Crippen MR) is 116 cm³/mol. The Morgan fingerprint density at radius 3 is 2.41 bits per heavy atom. The molecule has 1 N–H and O–H groups in total. The molecule has 2 aromatic carbocycles. The molecule has 148 valence electrons. The summed E-state index contributed by atoms with van der Waals surface area (Å²) < 4.78 is 16.4. The van der Waals surface area contributed by atoms with Crippen LogP contribution in [0, 0.1) is 0 Å². The van der Waals surface area contributed by atoms with E-state index >= 15 is 0 Å². The molecule has 2 heterocycles. The van der Waals surface area contributed by atoms with Crippen LogP contribution in [0.1, 0.15) is 5.56 Å². The number of rotatable bonds is 7. The highest BCUT2D eigenvalue weighted by molar-refractivity contribution is 7.13. The lowest BCUT2D eigenvalue weighted by Gasteiger charge is -2.17. The van der Waals surface area contributed by atoms with Crippen LogP contribution < -0.4 is 19.5 Å². The number of anilines is 1. The number of hydrogen-bond acceptors (Lipinski definition) is 7. The molecule has 0 aliphatic heterocycles. The Morgan fingerprint density at radius 2 is 1.69 bits per heavy atom. The summed E-state index contributed by atoms with van der Waals surface area (Å²) in [4.78, 5) is 10.5. The first-order chi connectivity index (χ1) is 14.2. The van der Waals surface area contributed by atoms with Gasteiger partial charge in [-0.1, -0.05) is 18.2 Å². The highest BCUT2D eigenvalue weighted by atomic mass is 32.1. The lowest BCUT2D eigenvalue weighted by Crippen LogP contribution is -2.06. The molecule has 0 aliphatic carbocycles. The maximum Gasteiger partial charge on any atom is 0.203 e. The minimum absolute atomic E-state index is 0.508. The largest absolute Gasteiger partial charge is 0.493 e. The Kier molecular flexibility index (Phi) is 5.48. The second-order valence-electron chi connectivity index (χ2n) is 6.24. The number of aromatic nitrogens is 2. The number of benzene rings is 2. The van der Waals surface area contributed by atoms with Gasteiger partial charge in [-0.05, 0) is 35.7 Å². The predicted octanol–water partition coefficient (Wildman–Crippen LogP) is 5.00. The highest BCUT2D eigenvalue weighted by Crippen LogP contribution is 2.40. The Labute approximate surface area is 173 Å². The van der Waals surface area contributed by atoms with Crippen molar-refractivity contribution in [3.63, 3.8) is 0 Å². The molecule has 0 fully saturated rings. The molecule has 4 aromatic rings. The monoisotopic (exact) mass is 407 g/mol. The van der Waals surface area contributed by atoms with Crippen LogP contribution in [0.5, 0.6) is 17.2 Å². The molecular formula is C22H21N3O3S. The van der Waals surface area contributed by atoms with Crippen LogP contribution in [0.15, 0.2) is 53.9 Å². The number of methoxy groups -OCH3 is 3. The van der Waals surface area contributed by atoms with Crippen LogP contribution in [-0.2, 0) is 6.54 Å². The van der Waals surface area contributed by atoms with Crippen molar-refractivity contribution in [3.8, 4) is 28.0 Å². The molecule has 0 bridgehead atoms. The van der Waals surface area contributed by atoms with Gasteiger partial charge in [0.15, 0.2) is 17.3 Å². The average molecular weight is 407 g/mol. The normalized spacial score (nSPS) is 10.7. The summed E-state index contributed by atoms with van der Waals surface area (Å²) in [7, 11) is 4.83. The fourth-order valence-electron chi connectivity index (χ4n) is 3.21. The fourth-order valence-corrected chi connectivity index (χ4v) is 3.87. The smallest absolute Gasteiger partial charge is 0.203 e. The molecular weight excluding hydrogens is 386 g/mol. The van der Waals surface area contributed by atoms with E-state index < -0.39 is 0 Å². The Balaban J connectivity index is 1.72. The molecule has 0 radical (unpaired) electrons. The molecule has 0 atom stereocenters. The second-order valence-corrected chi connectivity index (χ2v) is 7.18. The summed E-state index contributed by atoms with van der Waals surface area (Å²) >= 11 is 1.62.